The van der Waals surface area contributed by atoms with Gasteiger partial charge in [0.1, 0.15) is 23.0 Å². The molecule has 7 nitrogen and oxygen atoms in total. The number of rotatable bonds is 3. The summed E-state index contributed by atoms with van der Waals surface area (Å²) in [5.41, 5.74) is 3.49. The zero-order valence-corrected chi connectivity index (χ0v) is 15.6. The standard InChI is InChI=1S/C18H14F2N6S.H3N/c19-11-3-4-14(20)12(8-11)15-2-1-6-25(15)16-5-7-26-17(23-16)13(9-22-26)18-24-21-10-27-18;/h3-5,7-10,15H,1-2,6H2;1H3. The normalized spacial score (nSPS) is 16.5. The van der Waals surface area contributed by atoms with Gasteiger partial charge in [0.05, 0.1) is 17.8 Å². The number of benzene rings is 1. The van der Waals surface area contributed by atoms with Crippen LogP contribution in [-0.2, 0) is 0 Å². The molecule has 0 saturated carbocycles. The van der Waals surface area contributed by atoms with Crippen molar-refractivity contribution in [3.8, 4) is 10.6 Å². The number of anilines is 1. The Morgan fingerprint density at radius 2 is 2.07 bits per heavy atom. The van der Waals surface area contributed by atoms with E-state index in [0.29, 0.717) is 17.0 Å². The largest absolute Gasteiger partial charge is 0.349 e. The summed E-state index contributed by atoms with van der Waals surface area (Å²) in [6.45, 7) is 0.728. The van der Waals surface area contributed by atoms with Crippen LogP contribution in [-0.4, -0.2) is 31.3 Å². The fourth-order valence-corrected chi connectivity index (χ4v) is 4.15. The molecule has 1 atom stereocenters. The Labute approximate surface area is 163 Å². The van der Waals surface area contributed by atoms with Crippen molar-refractivity contribution in [2.24, 2.45) is 0 Å². The summed E-state index contributed by atoms with van der Waals surface area (Å²) < 4.78 is 29.7. The van der Waals surface area contributed by atoms with Gasteiger partial charge in [0, 0.05) is 18.3 Å². The molecule has 1 unspecified atom stereocenters. The summed E-state index contributed by atoms with van der Waals surface area (Å²) in [6.07, 6.45) is 5.16. The minimum Gasteiger partial charge on any atom is -0.349 e. The lowest BCUT2D eigenvalue weighted by molar-refractivity contribution is 0.560. The lowest BCUT2D eigenvalue weighted by Gasteiger charge is -2.26. The Morgan fingerprint density at radius 1 is 1.18 bits per heavy atom. The first-order chi connectivity index (χ1) is 13.2. The van der Waals surface area contributed by atoms with Gasteiger partial charge >= 0.3 is 0 Å². The summed E-state index contributed by atoms with van der Waals surface area (Å²) in [7, 11) is 0. The molecule has 1 aromatic carbocycles. The van der Waals surface area contributed by atoms with Gasteiger partial charge in [0.2, 0.25) is 0 Å². The zero-order valence-electron chi connectivity index (χ0n) is 14.8. The maximum Gasteiger partial charge on any atom is 0.167 e. The molecule has 10 heteroatoms. The second kappa shape index (κ2) is 7.21. The molecule has 1 fully saturated rings. The van der Waals surface area contributed by atoms with Gasteiger partial charge < -0.3 is 11.1 Å². The summed E-state index contributed by atoms with van der Waals surface area (Å²) >= 11 is 1.41. The van der Waals surface area contributed by atoms with Crippen LogP contribution < -0.4 is 11.1 Å². The molecule has 0 radical (unpaired) electrons. The Hall–Kier alpha value is -2.98. The average molecular weight is 401 g/mol. The van der Waals surface area contributed by atoms with E-state index in [1.807, 2.05) is 17.2 Å². The van der Waals surface area contributed by atoms with Gasteiger partial charge in [-0.3, -0.25) is 0 Å². The van der Waals surface area contributed by atoms with Gasteiger partial charge in [-0.05, 0) is 37.1 Å². The van der Waals surface area contributed by atoms with E-state index in [1.165, 1.54) is 23.5 Å². The summed E-state index contributed by atoms with van der Waals surface area (Å²) in [4.78, 5) is 6.77. The second-order valence-corrected chi connectivity index (χ2v) is 7.21. The lowest BCUT2D eigenvalue weighted by atomic mass is 10.0. The highest BCUT2D eigenvalue weighted by molar-refractivity contribution is 7.12. The Balaban J connectivity index is 0.00000192. The first-order valence-corrected chi connectivity index (χ1v) is 9.41. The molecule has 0 spiro atoms. The molecular weight excluding hydrogens is 384 g/mol. The highest BCUT2D eigenvalue weighted by atomic mass is 32.1. The van der Waals surface area contributed by atoms with Crippen molar-refractivity contribution in [1.29, 1.82) is 0 Å². The molecule has 5 rings (SSSR count). The molecule has 3 N–H and O–H groups in total. The minimum atomic E-state index is -0.434. The van der Waals surface area contributed by atoms with Gasteiger partial charge in [-0.25, -0.2) is 18.3 Å². The van der Waals surface area contributed by atoms with Crippen LogP contribution in [0.15, 0.2) is 42.2 Å². The number of halogens is 2. The SMILES string of the molecule is Fc1ccc(F)c(C2CCCN2c2ccn3ncc(-c4nncs4)c3n2)c1.N. The van der Waals surface area contributed by atoms with Crippen molar-refractivity contribution in [3.63, 3.8) is 0 Å². The minimum absolute atomic E-state index is 0. The molecular formula is C18H17F2N7S. The van der Waals surface area contributed by atoms with E-state index in [1.54, 1.807) is 16.2 Å². The fourth-order valence-electron chi connectivity index (χ4n) is 3.59. The topological polar surface area (TPSA) is 94.2 Å². The maximum atomic E-state index is 14.3. The molecule has 0 amide bonds. The quantitative estimate of drug-likeness (QED) is 0.557. The Kier molecular flexibility index (Phi) is 4.73. The first-order valence-electron chi connectivity index (χ1n) is 8.53. The van der Waals surface area contributed by atoms with Gasteiger partial charge in [-0.1, -0.05) is 11.3 Å². The van der Waals surface area contributed by atoms with Gasteiger partial charge in [-0.15, -0.1) is 10.2 Å². The summed E-state index contributed by atoms with van der Waals surface area (Å²) in [5, 5.41) is 13.0. The monoisotopic (exact) mass is 401 g/mol. The highest BCUT2D eigenvalue weighted by Crippen LogP contribution is 2.37. The third-order valence-corrected chi connectivity index (χ3v) is 5.53. The van der Waals surface area contributed by atoms with Crippen LogP contribution >= 0.6 is 11.3 Å². The zero-order chi connectivity index (χ0) is 18.4. The molecule has 1 saturated heterocycles. The smallest absolute Gasteiger partial charge is 0.167 e. The number of hydrogen-bond donors (Lipinski definition) is 1. The first kappa shape index (κ1) is 18.4. The highest BCUT2D eigenvalue weighted by Gasteiger charge is 2.30. The van der Waals surface area contributed by atoms with E-state index in [-0.39, 0.29) is 12.2 Å². The van der Waals surface area contributed by atoms with Crippen LogP contribution in [0, 0.1) is 11.6 Å². The second-order valence-electron chi connectivity index (χ2n) is 6.37. The predicted molar refractivity (Wildman–Crippen MR) is 103 cm³/mol. The van der Waals surface area contributed by atoms with E-state index >= 15 is 0 Å². The summed E-state index contributed by atoms with van der Waals surface area (Å²) in [5.74, 6) is -0.121. The van der Waals surface area contributed by atoms with E-state index in [0.717, 1.165) is 36.0 Å². The van der Waals surface area contributed by atoms with Crippen molar-refractivity contribution in [3.05, 3.63) is 59.4 Å². The molecule has 0 bridgehead atoms. The van der Waals surface area contributed by atoms with Gasteiger partial charge in [0.25, 0.3) is 0 Å². The summed E-state index contributed by atoms with van der Waals surface area (Å²) in [6, 6.07) is 5.20. The number of nitrogens with zero attached hydrogens (tertiary/aromatic N) is 6. The molecule has 4 heterocycles. The van der Waals surface area contributed by atoms with E-state index in [4.69, 9.17) is 4.98 Å². The van der Waals surface area contributed by atoms with Crippen LogP contribution in [0.1, 0.15) is 24.4 Å². The van der Waals surface area contributed by atoms with Crippen LogP contribution in [0.2, 0.25) is 0 Å². The third kappa shape index (κ3) is 3.00. The number of hydrogen-bond acceptors (Lipinski definition) is 7. The molecule has 28 heavy (non-hydrogen) atoms. The molecule has 0 aliphatic carbocycles. The van der Waals surface area contributed by atoms with E-state index < -0.39 is 11.6 Å². The number of fused-ring (bicyclic) bond motifs is 1. The fraction of sp³-hybridized carbons (Fsp3) is 0.222. The Morgan fingerprint density at radius 3 is 2.89 bits per heavy atom. The molecule has 144 valence electrons. The van der Waals surface area contributed by atoms with Gasteiger partial charge in [-0.2, -0.15) is 5.10 Å². The van der Waals surface area contributed by atoms with Crippen molar-refractivity contribution >= 4 is 22.8 Å². The molecule has 1 aliphatic heterocycles. The predicted octanol–water partition coefficient (Wildman–Crippen LogP) is 4.03. The van der Waals surface area contributed by atoms with Crippen LogP contribution in [0.5, 0.6) is 0 Å². The molecule has 3 aromatic heterocycles. The van der Waals surface area contributed by atoms with Crippen molar-refractivity contribution in [1.82, 2.24) is 30.9 Å². The third-order valence-electron chi connectivity index (χ3n) is 4.81. The Bertz CT molecular complexity index is 1110. The van der Waals surface area contributed by atoms with Crippen molar-refractivity contribution in [2.75, 3.05) is 11.4 Å². The van der Waals surface area contributed by atoms with Crippen molar-refractivity contribution < 1.29 is 8.78 Å². The van der Waals surface area contributed by atoms with E-state index in [9.17, 15) is 8.78 Å². The lowest BCUT2D eigenvalue weighted by Crippen LogP contribution is -2.24. The average Bonchev–Trinajstić information content (AvgIpc) is 3.42. The van der Waals surface area contributed by atoms with Crippen LogP contribution in [0.25, 0.3) is 16.2 Å². The van der Waals surface area contributed by atoms with Crippen LogP contribution in [0.4, 0.5) is 14.6 Å². The number of aromatic nitrogens is 5. The van der Waals surface area contributed by atoms with Crippen LogP contribution in [0.3, 0.4) is 0 Å². The van der Waals surface area contributed by atoms with Crippen molar-refractivity contribution in [2.45, 2.75) is 18.9 Å². The van der Waals surface area contributed by atoms with Gasteiger partial charge in [0.15, 0.2) is 10.7 Å². The maximum absolute atomic E-state index is 14.3. The molecule has 1 aliphatic rings. The molecule has 4 aromatic rings. The van der Waals surface area contributed by atoms with E-state index in [2.05, 4.69) is 15.3 Å².